The quantitative estimate of drug-likeness (QED) is 0.613. The second kappa shape index (κ2) is 5.90. The molecule has 3 nitrogen and oxygen atoms in total. The van der Waals surface area contributed by atoms with Gasteiger partial charge in [-0.1, -0.05) is 30.3 Å². The number of para-hydroxylation sites is 3. The van der Waals surface area contributed by atoms with E-state index in [9.17, 15) is 13.2 Å². The fraction of sp³-hybridized carbons (Fsp3) is 0.250. The number of fused-ring (bicyclic) bond motifs is 2. The van der Waals surface area contributed by atoms with Crippen LogP contribution < -0.4 is 4.90 Å². The average Bonchev–Trinajstić information content (AvgIpc) is 2.96. The predicted octanol–water partition coefficient (Wildman–Crippen LogP) is 5.25. The van der Waals surface area contributed by atoms with E-state index < -0.39 is 11.9 Å². The van der Waals surface area contributed by atoms with Crippen molar-refractivity contribution in [3.8, 4) is 0 Å². The van der Waals surface area contributed by atoms with Gasteiger partial charge in [0.15, 0.2) is 0 Å². The molecule has 0 fully saturated rings. The van der Waals surface area contributed by atoms with Gasteiger partial charge >= 0.3 is 6.18 Å². The van der Waals surface area contributed by atoms with Crippen molar-refractivity contribution in [3.05, 3.63) is 59.8 Å². The molecule has 0 saturated heterocycles. The van der Waals surface area contributed by atoms with E-state index in [1.807, 2.05) is 36.2 Å². The van der Waals surface area contributed by atoms with Gasteiger partial charge in [0.1, 0.15) is 5.69 Å². The van der Waals surface area contributed by atoms with Gasteiger partial charge in [0.25, 0.3) is 0 Å². The molecule has 0 bridgehead atoms. The zero-order valence-corrected chi connectivity index (χ0v) is 14.5. The molecule has 0 N–H and O–H groups in total. The summed E-state index contributed by atoms with van der Waals surface area (Å²) in [6.07, 6.45) is -4.46. The minimum atomic E-state index is -4.46. The third-order valence-electron chi connectivity index (χ3n) is 4.78. The van der Waals surface area contributed by atoms with E-state index in [0.29, 0.717) is 28.8 Å². The first-order valence-corrected chi connectivity index (χ1v) is 8.48. The van der Waals surface area contributed by atoms with Crippen LogP contribution in [0.3, 0.4) is 0 Å². The number of benzene rings is 2. The summed E-state index contributed by atoms with van der Waals surface area (Å²) in [5, 5.41) is 0.591. The smallest absolute Gasteiger partial charge is 0.367 e. The van der Waals surface area contributed by atoms with E-state index in [0.717, 1.165) is 5.69 Å². The zero-order chi connectivity index (χ0) is 18.5. The minimum Gasteiger partial charge on any atom is -0.367 e. The molecular formula is C20H18F3N3. The highest BCUT2D eigenvalue weighted by molar-refractivity contribution is 6.16. The largest absolute Gasteiger partial charge is 0.432 e. The van der Waals surface area contributed by atoms with Gasteiger partial charge in [0.2, 0.25) is 0 Å². The molecular weight excluding hydrogens is 339 g/mol. The Bertz CT molecular complexity index is 1010. The second-order valence-electron chi connectivity index (χ2n) is 6.39. The van der Waals surface area contributed by atoms with Gasteiger partial charge in [-0.15, -0.1) is 0 Å². The Balaban J connectivity index is 2.05. The van der Waals surface area contributed by atoms with E-state index in [-0.39, 0.29) is 12.1 Å². The number of nitrogens with zero attached hydrogens (tertiary/aromatic N) is 3. The summed E-state index contributed by atoms with van der Waals surface area (Å²) in [5.41, 5.74) is 2.22. The van der Waals surface area contributed by atoms with E-state index >= 15 is 0 Å². The molecule has 4 rings (SSSR count). The number of hydrogen-bond donors (Lipinski definition) is 0. The second-order valence-corrected chi connectivity index (χ2v) is 6.39. The van der Waals surface area contributed by atoms with Crippen LogP contribution in [0.25, 0.3) is 10.9 Å². The Morgan fingerprint density at radius 3 is 2.46 bits per heavy atom. The van der Waals surface area contributed by atoms with Crippen LogP contribution in [0.15, 0.2) is 53.5 Å². The Hall–Kier alpha value is -2.76. The topological polar surface area (TPSA) is 20.5 Å². The maximum Gasteiger partial charge on any atom is 0.432 e. The van der Waals surface area contributed by atoms with E-state index in [2.05, 4.69) is 4.99 Å². The van der Waals surface area contributed by atoms with Crippen LogP contribution in [0.2, 0.25) is 0 Å². The molecule has 26 heavy (non-hydrogen) atoms. The van der Waals surface area contributed by atoms with Crippen LogP contribution in [0.4, 0.5) is 24.5 Å². The minimum absolute atomic E-state index is 0.191. The van der Waals surface area contributed by atoms with Crippen LogP contribution in [0, 0.1) is 0 Å². The Morgan fingerprint density at radius 1 is 1.04 bits per heavy atom. The molecule has 0 radical (unpaired) electrons. The van der Waals surface area contributed by atoms with Gasteiger partial charge in [0.05, 0.1) is 23.6 Å². The number of alkyl halides is 3. The fourth-order valence-electron chi connectivity index (χ4n) is 3.73. The number of aliphatic imine (C=N–C) groups is 1. The van der Waals surface area contributed by atoms with Crippen molar-refractivity contribution in [2.75, 3.05) is 18.5 Å². The first kappa shape index (κ1) is 16.7. The molecule has 6 heteroatoms. The van der Waals surface area contributed by atoms with Crippen LogP contribution in [-0.4, -0.2) is 23.9 Å². The summed E-state index contributed by atoms with van der Waals surface area (Å²) in [6.45, 7) is 2.31. The van der Waals surface area contributed by atoms with Crippen molar-refractivity contribution in [2.45, 2.75) is 19.6 Å². The van der Waals surface area contributed by atoms with Crippen molar-refractivity contribution in [2.24, 2.45) is 4.99 Å². The Kier molecular flexibility index (Phi) is 3.79. The molecule has 2 heterocycles. The number of rotatable bonds is 2. The molecule has 3 aromatic rings. The lowest BCUT2D eigenvalue weighted by atomic mass is 10.0. The molecule has 0 atom stereocenters. The monoisotopic (exact) mass is 357 g/mol. The van der Waals surface area contributed by atoms with Gasteiger partial charge in [0, 0.05) is 30.1 Å². The van der Waals surface area contributed by atoms with Gasteiger partial charge in [-0.2, -0.15) is 13.2 Å². The zero-order valence-electron chi connectivity index (χ0n) is 14.5. The lowest BCUT2D eigenvalue weighted by Gasteiger charge is -2.27. The van der Waals surface area contributed by atoms with Crippen molar-refractivity contribution < 1.29 is 13.2 Å². The third-order valence-corrected chi connectivity index (χ3v) is 4.78. The first-order valence-electron chi connectivity index (χ1n) is 8.48. The maximum absolute atomic E-state index is 14.0. The molecule has 1 aliphatic rings. The number of aryl methyl sites for hydroxylation is 1. The van der Waals surface area contributed by atoms with Gasteiger partial charge < -0.3 is 9.47 Å². The molecule has 0 spiro atoms. The molecule has 1 aromatic heterocycles. The maximum atomic E-state index is 14.0. The summed E-state index contributed by atoms with van der Waals surface area (Å²) in [7, 11) is 1.87. The number of anilines is 1. The number of halogens is 3. The lowest BCUT2D eigenvalue weighted by molar-refractivity contribution is -0.143. The highest BCUT2D eigenvalue weighted by atomic mass is 19.4. The molecule has 134 valence electrons. The molecule has 0 aliphatic carbocycles. The molecule has 0 amide bonds. The number of hydrogen-bond acceptors (Lipinski definition) is 2. The molecule has 0 saturated carbocycles. The summed E-state index contributed by atoms with van der Waals surface area (Å²) >= 11 is 0. The van der Waals surface area contributed by atoms with Crippen LogP contribution in [0.1, 0.15) is 18.2 Å². The normalized spacial score (nSPS) is 14.5. The van der Waals surface area contributed by atoms with E-state index in [1.165, 1.54) is 4.57 Å². The van der Waals surface area contributed by atoms with Crippen molar-refractivity contribution in [1.29, 1.82) is 0 Å². The first-order chi connectivity index (χ1) is 12.4. The van der Waals surface area contributed by atoms with E-state index in [1.54, 1.807) is 31.2 Å². The van der Waals surface area contributed by atoms with Gasteiger partial charge in [-0.05, 0) is 25.1 Å². The SMILES string of the molecule is CCn1c(C(F)(F)F)c(C2=Nc3ccccc3N(C)C2)c2ccccc21. The van der Waals surface area contributed by atoms with Crippen LogP contribution in [0.5, 0.6) is 0 Å². The summed E-state index contributed by atoms with van der Waals surface area (Å²) in [4.78, 5) is 6.54. The van der Waals surface area contributed by atoms with Crippen molar-refractivity contribution in [1.82, 2.24) is 4.57 Å². The highest BCUT2D eigenvalue weighted by Gasteiger charge is 2.40. The standard InChI is InChI=1S/C20H18F3N3/c1-3-26-16-10-6-4-8-13(16)18(19(26)20(21,22)23)15-12-25(2)17-11-7-5-9-14(17)24-15/h4-11H,3,12H2,1-2H3. The molecule has 2 aromatic carbocycles. The van der Waals surface area contributed by atoms with Crippen LogP contribution >= 0.6 is 0 Å². The third kappa shape index (κ3) is 2.48. The Morgan fingerprint density at radius 2 is 1.73 bits per heavy atom. The number of aromatic nitrogens is 1. The fourth-order valence-corrected chi connectivity index (χ4v) is 3.73. The van der Waals surface area contributed by atoms with E-state index in [4.69, 9.17) is 0 Å². The molecule has 1 aliphatic heterocycles. The van der Waals surface area contributed by atoms with Gasteiger partial charge in [-0.25, -0.2) is 4.99 Å². The van der Waals surface area contributed by atoms with Crippen molar-refractivity contribution in [3.63, 3.8) is 0 Å². The average molecular weight is 357 g/mol. The summed E-state index contributed by atoms with van der Waals surface area (Å²) in [6, 6.07) is 14.5. The molecule has 0 unspecified atom stereocenters. The summed E-state index contributed by atoms with van der Waals surface area (Å²) in [5.74, 6) is 0. The summed E-state index contributed by atoms with van der Waals surface area (Å²) < 4.78 is 43.3. The van der Waals surface area contributed by atoms with Crippen LogP contribution in [-0.2, 0) is 12.7 Å². The number of likely N-dealkylation sites (N-methyl/N-ethyl adjacent to an activating group) is 1. The van der Waals surface area contributed by atoms with Gasteiger partial charge in [-0.3, -0.25) is 0 Å². The predicted molar refractivity (Wildman–Crippen MR) is 98.5 cm³/mol. The van der Waals surface area contributed by atoms with Crippen molar-refractivity contribution >= 4 is 28.0 Å². The highest BCUT2D eigenvalue weighted by Crippen LogP contribution is 2.41. The Labute approximate surface area is 149 Å². The lowest BCUT2D eigenvalue weighted by Crippen LogP contribution is -2.30.